The van der Waals surface area contributed by atoms with Crippen molar-refractivity contribution < 1.29 is 0 Å². The molecular weight excluding hydrogens is 710 g/mol. The summed E-state index contributed by atoms with van der Waals surface area (Å²) in [5, 5.41) is 20.9. The summed E-state index contributed by atoms with van der Waals surface area (Å²) in [6.45, 7) is 1.35. The van der Waals surface area contributed by atoms with E-state index in [0.29, 0.717) is 35.8 Å². The Morgan fingerprint density at radius 1 is 0.600 bits per heavy atom. The monoisotopic (exact) mass is 741 g/mol. The van der Waals surface area contributed by atoms with E-state index >= 15 is 0 Å². The molecular formula is C41H32ClN13. The quantitative estimate of drug-likeness (QED) is 0.144. The number of fused-ring (bicyclic) bond motifs is 2. The Morgan fingerprint density at radius 2 is 1.22 bits per heavy atom. The summed E-state index contributed by atoms with van der Waals surface area (Å²) in [5.74, 6) is 2.05. The van der Waals surface area contributed by atoms with Crippen LogP contribution in [0.3, 0.4) is 0 Å². The Morgan fingerprint density at radius 3 is 1.82 bits per heavy atom. The molecule has 13 nitrogen and oxygen atoms in total. The molecule has 0 spiro atoms. The lowest BCUT2D eigenvalue weighted by Gasteiger charge is -2.07. The minimum absolute atomic E-state index is 0.462. The Hall–Kier alpha value is -6.99. The van der Waals surface area contributed by atoms with Gasteiger partial charge in [0, 0.05) is 71.8 Å². The Balaban J connectivity index is 0.000000153. The molecule has 0 atom stereocenters. The summed E-state index contributed by atoms with van der Waals surface area (Å²) in [7, 11) is 0. The number of pyridine rings is 6. The molecule has 0 saturated heterocycles. The highest BCUT2D eigenvalue weighted by Gasteiger charge is 2.24. The molecule has 0 aliphatic heterocycles. The fraction of sp³-hybridized carbons (Fsp3) is 0.122. The highest BCUT2D eigenvalue weighted by atomic mass is 35.5. The van der Waals surface area contributed by atoms with E-state index in [1.54, 1.807) is 18.5 Å². The SMILES string of the molecule is Clc1ccc2ncc(-c3cnn(Cc4cccnc4)c3)cc2n1.c1cncc(Cn2cc(-c3cnc4ccc(Nc5cc(C6CC6)cnn5)nc4c3)cn2)c1. The minimum Gasteiger partial charge on any atom is -0.323 e. The van der Waals surface area contributed by atoms with Gasteiger partial charge in [-0.3, -0.25) is 29.3 Å². The lowest BCUT2D eigenvalue weighted by Crippen LogP contribution is -1.99. The van der Waals surface area contributed by atoms with Gasteiger partial charge in [0.2, 0.25) is 0 Å². The van der Waals surface area contributed by atoms with Crippen LogP contribution in [0.25, 0.3) is 44.3 Å². The Bertz CT molecular complexity index is 2730. The van der Waals surface area contributed by atoms with E-state index < -0.39 is 0 Å². The van der Waals surface area contributed by atoms with E-state index in [1.807, 2.05) is 120 Å². The van der Waals surface area contributed by atoms with E-state index in [9.17, 15) is 0 Å². The summed E-state index contributed by atoms with van der Waals surface area (Å²) >= 11 is 5.95. The van der Waals surface area contributed by atoms with E-state index in [4.69, 9.17) is 16.6 Å². The second-order valence-electron chi connectivity index (χ2n) is 13.2. The maximum absolute atomic E-state index is 5.95. The van der Waals surface area contributed by atoms with Crippen molar-refractivity contribution in [1.82, 2.24) is 59.7 Å². The number of anilines is 2. The predicted octanol–water partition coefficient (Wildman–Crippen LogP) is 7.94. The molecule has 1 fully saturated rings. The summed E-state index contributed by atoms with van der Waals surface area (Å²) in [4.78, 5) is 26.3. The van der Waals surface area contributed by atoms with Crippen LogP contribution >= 0.6 is 11.6 Å². The zero-order valence-electron chi connectivity index (χ0n) is 29.4. The van der Waals surface area contributed by atoms with Gasteiger partial charge in [0.1, 0.15) is 11.0 Å². The zero-order chi connectivity index (χ0) is 37.0. The van der Waals surface area contributed by atoms with Crippen LogP contribution in [0.2, 0.25) is 5.15 Å². The molecule has 0 amide bonds. The average Bonchev–Trinajstić information content (AvgIpc) is 3.80. The number of nitrogens with one attached hydrogen (secondary N) is 1. The van der Waals surface area contributed by atoms with Crippen LogP contribution in [-0.4, -0.2) is 59.7 Å². The average molecular weight is 742 g/mol. The molecule has 0 aromatic carbocycles. The number of halogens is 1. The van der Waals surface area contributed by atoms with Gasteiger partial charge >= 0.3 is 0 Å². The highest BCUT2D eigenvalue weighted by Crippen LogP contribution is 2.40. The molecule has 14 heteroatoms. The molecule has 268 valence electrons. The third-order valence-corrected chi connectivity index (χ3v) is 9.30. The standard InChI is InChI=1S/C24H20N8.C17H12ClN5/c1-2-16(10-25-7-1)14-32-15-20(13-28-32)18-8-22-21(26-11-18)5-6-23(29-22)30-24-9-19(12-27-31-24)17-3-4-17;18-17-4-3-15-16(22-17)6-13(8-20-15)14-9-21-23(11-14)10-12-2-1-5-19-7-12/h1-2,5-13,15,17H,3-4,14H2,(H,29,30,31);1-9,11H,10H2. The maximum Gasteiger partial charge on any atom is 0.154 e. The van der Waals surface area contributed by atoms with E-state index in [2.05, 4.69) is 56.7 Å². The van der Waals surface area contributed by atoms with Gasteiger partial charge in [0.25, 0.3) is 0 Å². The first-order valence-electron chi connectivity index (χ1n) is 17.7. The van der Waals surface area contributed by atoms with Crippen molar-refractivity contribution in [3.05, 3.63) is 157 Å². The van der Waals surface area contributed by atoms with Gasteiger partial charge in [0.15, 0.2) is 5.82 Å². The van der Waals surface area contributed by atoms with Crippen LogP contribution in [0, 0.1) is 0 Å². The molecule has 0 radical (unpaired) electrons. The van der Waals surface area contributed by atoms with Crippen LogP contribution in [0.4, 0.5) is 11.6 Å². The summed E-state index contributed by atoms with van der Waals surface area (Å²) in [5.41, 5.74) is 10.6. The van der Waals surface area contributed by atoms with Crippen LogP contribution < -0.4 is 5.32 Å². The van der Waals surface area contributed by atoms with E-state index in [1.165, 1.54) is 18.4 Å². The molecule has 9 aromatic rings. The fourth-order valence-corrected chi connectivity index (χ4v) is 6.30. The first-order valence-corrected chi connectivity index (χ1v) is 18.1. The molecule has 1 aliphatic rings. The third kappa shape index (κ3) is 8.16. The van der Waals surface area contributed by atoms with Gasteiger partial charge in [-0.1, -0.05) is 23.7 Å². The van der Waals surface area contributed by atoms with Gasteiger partial charge in [-0.2, -0.15) is 15.3 Å². The normalized spacial score (nSPS) is 12.4. The number of aromatic nitrogens is 12. The molecule has 1 saturated carbocycles. The largest absolute Gasteiger partial charge is 0.323 e. The molecule has 9 heterocycles. The first-order chi connectivity index (χ1) is 27.1. The number of nitrogens with zero attached hydrogens (tertiary/aromatic N) is 12. The Kier molecular flexibility index (Phi) is 9.32. The molecule has 0 unspecified atom stereocenters. The number of hydrogen-bond donors (Lipinski definition) is 1. The van der Waals surface area contributed by atoms with Crippen molar-refractivity contribution in [2.75, 3.05) is 5.32 Å². The van der Waals surface area contributed by atoms with Crippen molar-refractivity contribution >= 4 is 45.3 Å². The van der Waals surface area contributed by atoms with Gasteiger partial charge in [-0.15, -0.1) is 5.10 Å². The highest BCUT2D eigenvalue weighted by molar-refractivity contribution is 6.29. The van der Waals surface area contributed by atoms with Crippen LogP contribution in [0.1, 0.15) is 35.4 Å². The minimum atomic E-state index is 0.462. The second kappa shape index (κ2) is 15.2. The lowest BCUT2D eigenvalue weighted by atomic mass is 10.1. The lowest BCUT2D eigenvalue weighted by molar-refractivity contribution is 0.685. The third-order valence-electron chi connectivity index (χ3n) is 9.09. The molecule has 9 aromatic heterocycles. The van der Waals surface area contributed by atoms with Crippen molar-refractivity contribution in [1.29, 1.82) is 0 Å². The Labute approximate surface area is 320 Å². The molecule has 1 N–H and O–H groups in total. The summed E-state index contributed by atoms with van der Waals surface area (Å²) in [6.07, 6.45) is 22.9. The summed E-state index contributed by atoms with van der Waals surface area (Å²) in [6, 6.07) is 21.4. The van der Waals surface area contributed by atoms with Gasteiger partial charge in [0.05, 0.1) is 53.7 Å². The van der Waals surface area contributed by atoms with Gasteiger partial charge in [-0.05, 0) is 90.0 Å². The van der Waals surface area contributed by atoms with Crippen LogP contribution in [0.5, 0.6) is 0 Å². The number of hydrogen-bond acceptors (Lipinski definition) is 11. The predicted molar refractivity (Wildman–Crippen MR) is 210 cm³/mol. The van der Waals surface area contributed by atoms with Gasteiger partial charge < -0.3 is 5.32 Å². The van der Waals surface area contributed by atoms with E-state index in [-0.39, 0.29) is 0 Å². The van der Waals surface area contributed by atoms with Crippen LogP contribution in [-0.2, 0) is 13.1 Å². The molecule has 55 heavy (non-hydrogen) atoms. The van der Waals surface area contributed by atoms with Crippen molar-refractivity contribution in [3.63, 3.8) is 0 Å². The van der Waals surface area contributed by atoms with Crippen LogP contribution in [0.15, 0.2) is 135 Å². The number of rotatable bonds is 9. The summed E-state index contributed by atoms with van der Waals surface area (Å²) < 4.78 is 3.77. The second-order valence-corrected chi connectivity index (χ2v) is 13.6. The smallest absolute Gasteiger partial charge is 0.154 e. The maximum atomic E-state index is 5.95. The molecule has 1 aliphatic carbocycles. The van der Waals surface area contributed by atoms with Gasteiger partial charge in [-0.25, -0.2) is 9.97 Å². The van der Waals surface area contributed by atoms with Crippen molar-refractivity contribution in [2.24, 2.45) is 0 Å². The molecule has 10 rings (SSSR count). The van der Waals surface area contributed by atoms with Crippen molar-refractivity contribution in [2.45, 2.75) is 31.8 Å². The van der Waals surface area contributed by atoms with E-state index in [0.717, 1.165) is 55.4 Å². The zero-order valence-corrected chi connectivity index (χ0v) is 30.1. The first kappa shape index (κ1) is 33.8. The fourth-order valence-electron chi connectivity index (χ4n) is 6.14. The topological polar surface area (TPSA) is 151 Å². The molecule has 0 bridgehead atoms. The van der Waals surface area contributed by atoms with Crippen molar-refractivity contribution in [3.8, 4) is 22.3 Å².